The van der Waals surface area contributed by atoms with Gasteiger partial charge in [-0.1, -0.05) is 6.07 Å². The number of hydrogen-bond donors (Lipinski definition) is 0. The van der Waals surface area contributed by atoms with Gasteiger partial charge in [0.05, 0.1) is 11.4 Å². The van der Waals surface area contributed by atoms with E-state index < -0.39 is 10.0 Å². The van der Waals surface area contributed by atoms with Gasteiger partial charge in [0.15, 0.2) is 0 Å². The van der Waals surface area contributed by atoms with Crippen molar-refractivity contribution in [3.8, 4) is 0 Å². The van der Waals surface area contributed by atoms with E-state index in [0.29, 0.717) is 63.5 Å². The number of piperazine rings is 1. The summed E-state index contributed by atoms with van der Waals surface area (Å²) in [7, 11) is -3.28. The predicted molar refractivity (Wildman–Crippen MR) is 108 cm³/mol. The Morgan fingerprint density at radius 2 is 1.64 bits per heavy atom. The van der Waals surface area contributed by atoms with Crippen molar-refractivity contribution in [2.45, 2.75) is 20.3 Å². The number of carbonyl (C=O) groups excluding carboxylic acids is 2. The van der Waals surface area contributed by atoms with Crippen LogP contribution < -0.4 is 4.31 Å². The summed E-state index contributed by atoms with van der Waals surface area (Å²) in [5.74, 6) is 0.0154. The zero-order valence-corrected chi connectivity index (χ0v) is 17.3. The number of benzene rings is 1. The number of hydrogen-bond acceptors (Lipinski definition) is 4. The van der Waals surface area contributed by atoms with Crippen LogP contribution in [0.3, 0.4) is 0 Å². The summed E-state index contributed by atoms with van der Waals surface area (Å²) in [5, 5.41) is 0. The number of rotatable bonds is 4. The SMILES string of the molecule is CCN(CC)C(=O)N1CCN(C(=O)c2cccc(N3CCCS3(=O)=O)c2)CC1. The molecule has 0 spiro atoms. The minimum Gasteiger partial charge on any atom is -0.335 e. The molecule has 3 rings (SSSR count). The molecule has 0 atom stereocenters. The fraction of sp³-hybridized carbons (Fsp3) is 0.579. The van der Waals surface area contributed by atoms with Gasteiger partial charge in [-0.05, 0) is 38.5 Å². The molecule has 1 aromatic carbocycles. The lowest BCUT2D eigenvalue weighted by Crippen LogP contribution is -2.54. The number of amides is 3. The van der Waals surface area contributed by atoms with E-state index in [9.17, 15) is 18.0 Å². The first kappa shape index (κ1) is 20.4. The fourth-order valence-electron chi connectivity index (χ4n) is 3.70. The van der Waals surface area contributed by atoms with E-state index >= 15 is 0 Å². The zero-order chi connectivity index (χ0) is 20.3. The molecule has 0 N–H and O–H groups in total. The summed E-state index contributed by atoms with van der Waals surface area (Å²) in [6.07, 6.45) is 0.600. The summed E-state index contributed by atoms with van der Waals surface area (Å²) in [6, 6.07) is 6.82. The molecule has 0 saturated carbocycles. The highest BCUT2D eigenvalue weighted by Crippen LogP contribution is 2.25. The van der Waals surface area contributed by atoms with E-state index in [2.05, 4.69) is 0 Å². The summed E-state index contributed by atoms with van der Waals surface area (Å²) in [5.41, 5.74) is 1.02. The predicted octanol–water partition coefficient (Wildman–Crippen LogP) is 1.45. The van der Waals surface area contributed by atoms with Crippen molar-refractivity contribution in [2.24, 2.45) is 0 Å². The Hall–Kier alpha value is -2.29. The van der Waals surface area contributed by atoms with Crippen LogP contribution in [-0.2, 0) is 10.0 Å². The molecule has 2 heterocycles. The minimum absolute atomic E-state index is 0.0123. The van der Waals surface area contributed by atoms with Gasteiger partial charge < -0.3 is 14.7 Å². The van der Waals surface area contributed by atoms with Crippen molar-refractivity contribution in [1.82, 2.24) is 14.7 Å². The lowest BCUT2D eigenvalue weighted by molar-refractivity contribution is 0.0641. The van der Waals surface area contributed by atoms with Crippen LogP contribution in [0, 0.1) is 0 Å². The molecule has 3 amide bonds. The smallest absolute Gasteiger partial charge is 0.320 e. The maximum Gasteiger partial charge on any atom is 0.320 e. The van der Waals surface area contributed by atoms with Crippen LogP contribution >= 0.6 is 0 Å². The van der Waals surface area contributed by atoms with Crippen molar-refractivity contribution in [1.29, 1.82) is 0 Å². The molecule has 2 fully saturated rings. The van der Waals surface area contributed by atoms with Gasteiger partial charge in [-0.2, -0.15) is 0 Å². The lowest BCUT2D eigenvalue weighted by Gasteiger charge is -2.37. The van der Waals surface area contributed by atoms with Gasteiger partial charge in [-0.15, -0.1) is 0 Å². The Morgan fingerprint density at radius 1 is 1.00 bits per heavy atom. The molecule has 2 saturated heterocycles. The maximum absolute atomic E-state index is 12.9. The first-order valence-corrected chi connectivity index (χ1v) is 11.4. The Labute approximate surface area is 166 Å². The van der Waals surface area contributed by atoms with Crippen molar-refractivity contribution >= 4 is 27.6 Å². The third kappa shape index (κ3) is 4.09. The molecule has 9 heteroatoms. The highest BCUT2D eigenvalue weighted by Gasteiger charge is 2.30. The Morgan fingerprint density at radius 3 is 2.21 bits per heavy atom. The fourth-order valence-corrected chi connectivity index (χ4v) is 5.26. The summed E-state index contributed by atoms with van der Waals surface area (Å²) < 4.78 is 25.7. The van der Waals surface area contributed by atoms with E-state index in [-0.39, 0.29) is 17.7 Å². The van der Waals surface area contributed by atoms with E-state index in [1.54, 1.807) is 39.0 Å². The van der Waals surface area contributed by atoms with Crippen LogP contribution in [0.15, 0.2) is 24.3 Å². The van der Waals surface area contributed by atoms with E-state index in [4.69, 9.17) is 0 Å². The van der Waals surface area contributed by atoms with Crippen LogP contribution in [0.1, 0.15) is 30.6 Å². The van der Waals surface area contributed by atoms with Gasteiger partial charge in [0.2, 0.25) is 10.0 Å². The van der Waals surface area contributed by atoms with Gasteiger partial charge in [-0.3, -0.25) is 9.10 Å². The molecule has 2 aliphatic rings. The van der Waals surface area contributed by atoms with Gasteiger partial charge >= 0.3 is 6.03 Å². The van der Waals surface area contributed by atoms with Gasteiger partial charge in [0.1, 0.15) is 0 Å². The molecule has 8 nitrogen and oxygen atoms in total. The molecular formula is C19H28N4O4S. The second kappa shape index (κ2) is 8.38. The molecule has 0 bridgehead atoms. The van der Waals surface area contributed by atoms with Crippen LogP contribution in [0.4, 0.5) is 10.5 Å². The maximum atomic E-state index is 12.9. The molecule has 0 unspecified atom stereocenters. The van der Waals surface area contributed by atoms with Gasteiger partial charge in [0.25, 0.3) is 5.91 Å². The Kier molecular flexibility index (Phi) is 6.12. The third-order valence-electron chi connectivity index (χ3n) is 5.35. The van der Waals surface area contributed by atoms with Crippen LogP contribution in [0.25, 0.3) is 0 Å². The van der Waals surface area contributed by atoms with E-state index in [1.807, 2.05) is 13.8 Å². The number of sulfonamides is 1. The average Bonchev–Trinajstić information content (AvgIpc) is 3.07. The van der Waals surface area contributed by atoms with Crippen molar-refractivity contribution in [2.75, 3.05) is 55.9 Å². The normalized spacial score (nSPS) is 19.0. The topological polar surface area (TPSA) is 81.2 Å². The first-order chi connectivity index (χ1) is 13.4. The van der Waals surface area contributed by atoms with E-state index in [1.165, 1.54) is 4.31 Å². The molecule has 154 valence electrons. The lowest BCUT2D eigenvalue weighted by atomic mass is 10.1. The average molecular weight is 409 g/mol. The van der Waals surface area contributed by atoms with E-state index in [0.717, 1.165) is 0 Å². The Balaban J connectivity index is 1.66. The molecule has 1 aromatic rings. The highest BCUT2D eigenvalue weighted by molar-refractivity contribution is 7.93. The third-order valence-corrected chi connectivity index (χ3v) is 7.22. The quantitative estimate of drug-likeness (QED) is 0.755. The Bertz CT molecular complexity index is 830. The summed E-state index contributed by atoms with van der Waals surface area (Å²) in [6.45, 7) is 7.63. The molecular weight excluding hydrogens is 380 g/mol. The second-order valence-electron chi connectivity index (χ2n) is 7.03. The monoisotopic (exact) mass is 408 g/mol. The van der Waals surface area contributed by atoms with Crippen molar-refractivity contribution in [3.05, 3.63) is 29.8 Å². The summed E-state index contributed by atoms with van der Waals surface area (Å²) in [4.78, 5) is 30.6. The second-order valence-corrected chi connectivity index (χ2v) is 9.04. The van der Waals surface area contributed by atoms with Gasteiger partial charge in [-0.25, -0.2) is 13.2 Å². The zero-order valence-electron chi connectivity index (χ0n) is 16.5. The van der Waals surface area contributed by atoms with Gasteiger partial charge in [0, 0.05) is 51.4 Å². The molecule has 0 aromatic heterocycles. The molecule has 28 heavy (non-hydrogen) atoms. The first-order valence-electron chi connectivity index (χ1n) is 9.81. The molecule has 0 radical (unpaired) electrons. The number of nitrogens with zero attached hydrogens (tertiary/aromatic N) is 4. The highest BCUT2D eigenvalue weighted by atomic mass is 32.2. The van der Waals surface area contributed by atoms with Crippen LogP contribution in [-0.4, -0.2) is 86.6 Å². The van der Waals surface area contributed by atoms with Crippen molar-refractivity contribution in [3.63, 3.8) is 0 Å². The minimum atomic E-state index is -3.28. The summed E-state index contributed by atoms with van der Waals surface area (Å²) >= 11 is 0. The molecule has 0 aliphatic carbocycles. The standard InChI is InChI=1S/C19H28N4O4S/c1-3-20(4-2)19(25)22-12-10-21(11-13-22)18(24)16-7-5-8-17(15-16)23-9-6-14-28(23,26)27/h5,7-8,15H,3-4,6,9-14H2,1-2H3. The molecule has 2 aliphatic heterocycles. The largest absolute Gasteiger partial charge is 0.335 e. The number of anilines is 1. The van der Waals surface area contributed by atoms with Crippen LogP contribution in [0.5, 0.6) is 0 Å². The van der Waals surface area contributed by atoms with Crippen molar-refractivity contribution < 1.29 is 18.0 Å². The van der Waals surface area contributed by atoms with Crippen LogP contribution in [0.2, 0.25) is 0 Å². The number of urea groups is 1. The number of carbonyl (C=O) groups is 2.